The van der Waals surface area contributed by atoms with E-state index in [0.717, 1.165) is 36.6 Å². The molecular formula is C22H27FN4O4S. The van der Waals surface area contributed by atoms with Crippen LogP contribution in [-0.2, 0) is 19.6 Å². The van der Waals surface area contributed by atoms with Crippen molar-refractivity contribution in [3.05, 3.63) is 54.3 Å². The van der Waals surface area contributed by atoms with E-state index < -0.39 is 15.8 Å². The number of carbonyl (C=O) groups excluding carboxylic acids is 1. The van der Waals surface area contributed by atoms with Gasteiger partial charge in [-0.3, -0.25) is 9.69 Å². The summed E-state index contributed by atoms with van der Waals surface area (Å²) in [7, 11) is -3.67. The van der Waals surface area contributed by atoms with Crippen LogP contribution in [0.3, 0.4) is 0 Å². The Kier molecular flexibility index (Phi) is 7.04. The van der Waals surface area contributed by atoms with Gasteiger partial charge in [0.05, 0.1) is 36.0 Å². The smallest absolute Gasteiger partial charge is 0.243 e. The minimum absolute atomic E-state index is 0.0739. The topological polar surface area (TPSA) is 82.2 Å². The lowest BCUT2D eigenvalue weighted by Gasteiger charge is -2.34. The number of rotatable bonds is 6. The number of morpholine rings is 1. The van der Waals surface area contributed by atoms with E-state index >= 15 is 0 Å². The third-order valence-electron chi connectivity index (χ3n) is 5.68. The summed E-state index contributed by atoms with van der Waals surface area (Å²) in [5, 5.41) is 3.00. The number of ether oxygens (including phenoxy) is 1. The first-order valence-corrected chi connectivity index (χ1v) is 12.1. The number of para-hydroxylation sites is 2. The zero-order chi connectivity index (χ0) is 22.6. The second kappa shape index (κ2) is 9.95. The number of sulfonamides is 1. The summed E-state index contributed by atoms with van der Waals surface area (Å²) in [6.45, 7) is 4.49. The molecule has 0 spiro atoms. The zero-order valence-corrected chi connectivity index (χ0v) is 18.6. The maximum absolute atomic E-state index is 13.1. The maximum atomic E-state index is 13.1. The van der Waals surface area contributed by atoms with E-state index in [1.807, 2.05) is 29.2 Å². The van der Waals surface area contributed by atoms with Crippen LogP contribution in [0.2, 0.25) is 0 Å². The number of benzene rings is 2. The molecule has 0 saturated carbocycles. The van der Waals surface area contributed by atoms with Crippen LogP contribution in [0.5, 0.6) is 0 Å². The first-order chi connectivity index (χ1) is 15.4. The fraction of sp³-hybridized carbons (Fsp3) is 0.409. The number of halogens is 1. The largest absolute Gasteiger partial charge is 0.378 e. The fourth-order valence-corrected chi connectivity index (χ4v) is 5.36. The van der Waals surface area contributed by atoms with Crippen LogP contribution >= 0.6 is 0 Å². The number of hydrogen-bond donors (Lipinski definition) is 1. The minimum Gasteiger partial charge on any atom is -0.378 e. The van der Waals surface area contributed by atoms with E-state index in [4.69, 9.17) is 4.74 Å². The Morgan fingerprint density at radius 2 is 1.59 bits per heavy atom. The number of nitrogens with zero attached hydrogens (tertiary/aromatic N) is 3. The van der Waals surface area contributed by atoms with Crippen LogP contribution in [-0.4, -0.2) is 82.6 Å². The van der Waals surface area contributed by atoms with Crippen molar-refractivity contribution in [3.8, 4) is 0 Å². The van der Waals surface area contributed by atoms with Gasteiger partial charge in [-0.15, -0.1) is 0 Å². The Morgan fingerprint density at radius 1 is 0.938 bits per heavy atom. The average Bonchev–Trinajstić information content (AvgIpc) is 2.80. The third kappa shape index (κ3) is 5.26. The van der Waals surface area contributed by atoms with E-state index in [-0.39, 0.29) is 30.4 Å². The number of anilines is 2. The molecule has 0 unspecified atom stereocenters. The molecule has 2 saturated heterocycles. The Labute approximate surface area is 187 Å². The molecule has 2 aromatic carbocycles. The summed E-state index contributed by atoms with van der Waals surface area (Å²) in [6, 6.07) is 12.5. The molecule has 2 aromatic rings. The summed E-state index contributed by atoms with van der Waals surface area (Å²) in [5.41, 5.74) is 1.73. The summed E-state index contributed by atoms with van der Waals surface area (Å²) in [4.78, 5) is 16.9. The van der Waals surface area contributed by atoms with Crippen molar-refractivity contribution < 1.29 is 22.3 Å². The van der Waals surface area contributed by atoms with Crippen molar-refractivity contribution in [2.75, 3.05) is 69.2 Å². The summed E-state index contributed by atoms with van der Waals surface area (Å²) in [6.07, 6.45) is 0. The SMILES string of the molecule is O=C(CN1CCN(S(=O)(=O)c2ccc(F)cc2)CC1)Nc1ccccc1N1CCOCC1. The molecule has 1 amide bonds. The lowest BCUT2D eigenvalue weighted by Crippen LogP contribution is -2.50. The van der Waals surface area contributed by atoms with Crippen LogP contribution in [0, 0.1) is 5.82 Å². The van der Waals surface area contributed by atoms with Gasteiger partial charge in [0.25, 0.3) is 0 Å². The molecule has 172 valence electrons. The average molecular weight is 463 g/mol. The van der Waals surface area contributed by atoms with E-state index in [1.54, 1.807) is 0 Å². The van der Waals surface area contributed by atoms with Gasteiger partial charge in [-0.05, 0) is 36.4 Å². The highest BCUT2D eigenvalue weighted by atomic mass is 32.2. The van der Waals surface area contributed by atoms with Crippen LogP contribution in [0.1, 0.15) is 0 Å². The molecule has 32 heavy (non-hydrogen) atoms. The predicted molar refractivity (Wildman–Crippen MR) is 120 cm³/mol. The molecule has 1 N–H and O–H groups in total. The van der Waals surface area contributed by atoms with Crippen LogP contribution < -0.4 is 10.2 Å². The highest BCUT2D eigenvalue weighted by Crippen LogP contribution is 2.26. The lowest BCUT2D eigenvalue weighted by atomic mass is 10.2. The Hall–Kier alpha value is -2.53. The summed E-state index contributed by atoms with van der Waals surface area (Å²) < 4.78 is 45.4. The Balaban J connectivity index is 1.32. The van der Waals surface area contributed by atoms with Crippen LogP contribution in [0.25, 0.3) is 0 Å². The molecule has 0 atom stereocenters. The van der Waals surface area contributed by atoms with Gasteiger partial charge in [-0.25, -0.2) is 12.8 Å². The molecule has 0 aromatic heterocycles. The van der Waals surface area contributed by atoms with Crippen molar-refractivity contribution in [3.63, 3.8) is 0 Å². The molecule has 2 heterocycles. The van der Waals surface area contributed by atoms with Gasteiger partial charge >= 0.3 is 0 Å². The van der Waals surface area contributed by atoms with E-state index in [1.165, 1.54) is 16.4 Å². The highest BCUT2D eigenvalue weighted by Gasteiger charge is 2.29. The molecule has 4 rings (SSSR count). The standard InChI is InChI=1S/C22H27FN4O4S/c23-18-5-7-19(8-6-18)32(29,30)27-11-9-25(10-12-27)17-22(28)24-20-3-1-2-4-21(20)26-13-15-31-16-14-26/h1-8H,9-17H2,(H,24,28). The van der Waals surface area contributed by atoms with Gasteiger partial charge in [0.15, 0.2) is 0 Å². The van der Waals surface area contributed by atoms with Crippen molar-refractivity contribution in [1.29, 1.82) is 0 Å². The number of piperazine rings is 1. The number of amides is 1. The molecule has 0 bridgehead atoms. The summed E-state index contributed by atoms with van der Waals surface area (Å²) >= 11 is 0. The number of nitrogens with one attached hydrogen (secondary N) is 1. The molecule has 2 fully saturated rings. The Morgan fingerprint density at radius 3 is 2.28 bits per heavy atom. The Bertz CT molecular complexity index is 1030. The molecule has 0 aliphatic carbocycles. The maximum Gasteiger partial charge on any atom is 0.243 e. The third-order valence-corrected chi connectivity index (χ3v) is 7.59. The zero-order valence-electron chi connectivity index (χ0n) is 17.7. The van der Waals surface area contributed by atoms with Gasteiger partial charge in [0, 0.05) is 39.3 Å². The van der Waals surface area contributed by atoms with Gasteiger partial charge in [0.2, 0.25) is 15.9 Å². The van der Waals surface area contributed by atoms with Gasteiger partial charge < -0.3 is 15.0 Å². The second-order valence-electron chi connectivity index (χ2n) is 7.80. The highest BCUT2D eigenvalue weighted by molar-refractivity contribution is 7.89. The quantitative estimate of drug-likeness (QED) is 0.703. The van der Waals surface area contributed by atoms with Gasteiger partial charge in [0.1, 0.15) is 5.82 Å². The number of carbonyl (C=O) groups is 1. The first kappa shape index (κ1) is 22.7. The normalized spacial score (nSPS) is 18.5. The van der Waals surface area contributed by atoms with E-state index in [2.05, 4.69) is 10.2 Å². The molecular weight excluding hydrogens is 435 g/mol. The minimum atomic E-state index is -3.67. The van der Waals surface area contributed by atoms with Crippen LogP contribution in [0.4, 0.5) is 15.8 Å². The number of hydrogen-bond acceptors (Lipinski definition) is 6. The molecule has 8 nitrogen and oxygen atoms in total. The van der Waals surface area contributed by atoms with Gasteiger partial charge in [-0.2, -0.15) is 4.31 Å². The molecule has 10 heteroatoms. The molecule has 2 aliphatic rings. The second-order valence-corrected chi connectivity index (χ2v) is 9.74. The first-order valence-electron chi connectivity index (χ1n) is 10.6. The summed E-state index contributed by atoms with van der Waals surface area (Å²) in [5.74, 6) is -0.615. The van der Waals surface area contributed by atoms with Crippen molar-refractivity contribution >= 4 is 27.3 Å². The predicted octanol–water partition coefficient (Wildman–Crippen LogP) is 1.61. The van der Waals surface area contributed by atoms with E-state index in [9.17, 15) is 17.6 Å². The molecule has 0 radical (unpaired) electrons. The fourth-order valence-electron chi connectivity index (χ4n) is 3.94. The van der Waals surface area contributed by atoms with Crippen molar-refractivity contribution in [2.24, 2.45) is 0 Å². The van der Waals surface area contributed by atoms with Crippen molar-refractivity contribution in [1.82, 2.24) is 9.21 Å². The lowest BCUT2D eigenvalue weighted by molar-refractivity contribution is -0.117. The van der Waals surface area contributed by atoms with Crippen LogP contribution in [0.15, 0.2) is 53.4 Å². The van der Waals surface area contributed by atoms with Crippen molar-refractivity contribution in [2.45, 2.75) is 4.90 Å². The monoisotopic (exact) mass is 462 g/mol. The van der Waals surface area contributed by atoms with Gasteiger partial charge in [-0.1, -0.05) is 12.1 Å². The molecule has 2 aliphatic heterocycles. The van der Waals surface area contributed by atoms with E-state index in [0.29, 0.717) is 26.3 Å².